The molecule has 0 saturated carbocycles. The van der Waals surface area contributed by atoms with Gasteiger partial charge in [-0.1, -0.05) is 124 Å². The summed E-state index contributed by atoms with van der Waals surface area (Å²) in [6, 6.07) is 0. The number of unbranched alkanes of at least 4 members (excludes halogenated alkanes) is 15. The van der Waals surface area contributed by atoms with E-state index in [0.717, 1.165) is 6.54 Å². The van der Waals surface area contributed by atoms with Crippen molar-refractivity contribution in [3.8, 4) is 0 Å². The molecule has 0 aliphatic heterocycles. The van der Waals surface area contributed by atoms with Crippen LogP contribution in [0.4, 0.5) is 0 Å². The lowest BCUT2D eigenvalue weighted by Crippen LogP contribution is -2.23. The molecule has 0 aliphatic rings. The molecule has 166 valence electrons. The molecule has 0 aromatic carbocycles. The molecular weight excluding hydrogens is 328 g/mol. The topological polar surface area (TPSA) is 29.3 Å². The van der Waals surface area contributed by atoms with Crippen LogP contribution in [-0.4, -0.2) is 31.1 Å². The lowest BCUT2D eigenvalue weighted by molar-refractivity contribution is 0.304. The molecule has 0 atom stereocenters. The van der Waals surface area contributed by atoms with Crippen LogP contribution < -0.4 is 5.73 Å². The van der Waals surface area contributed by atoms with Crippen LogP contribution in [0, 0.1) is 0 Å². The van der Waals surface area contributed by atoms with Gasteiger partial charge in [0.1, 0.15) is 0 Å². The summed E-state index contributed by atoms with van der Waals surface area (Å²) in [6.45, 7) is 13.5. The fourth-order valence-electron chi connectivity index (χ4n) is 3.55. The van der Waals surface area contributed by atoms with Gasteiger partial charge in [0.25, 0.3) is 0 Å². The van der Waals surface area contributed by atoms with Crippen LogP contribution in [0.5, 0.6) is 0 Å². The van der Waals surface area contributed by atoms with Crippen molar-refractivity contribution in [2.24, 2.45) is 5.73 Å². The first kappa shape index (κ1) is 29.1. The molecule has 0 amide bonds. The minimum absolute atomic E-state index is 0.873. The molecule has 0 heterocycles. The van der Waals surface area contributed by atoms with E-state index in [2.05, 4.69) is 32.6 Å². The first-order valence-corrected chi connectivity index (χ1v) is 12.7. The Bertz CT molecular complexity index is 210. The van der Waals surface area contributed by atoms with Crippen LogP contribution in [0.1, 0.15) is 137 Å². The highest BCUT2D eigenvalue weighted by molar-refractivity contribution is 4.50. The minimum atomic E-state index is 0.873. The van der Waals surface area contributed by atoms with Crippen molar-refractivity contribution in [3.05, 3.63) is 0 Å². The lowest BCUT2D eigenvalue weighted by atomic mass is 10.0. The van der Waals surface area contributed by atoms with Gasteiger partial charge in [-0.25, -0.2) is 0 Å². The molecule has 0 aliphatic carbocycles. The molecule has 0 radical (unpaired) electrons. The summed E-state index contributed by atoms with van der Waals surface area (Å²) in [5, 5.41) is 0. The Morgan fingerprint density at radius 2 is 0.778 bits per heavy atom. The van der Waals surface area contributed by atoms with E-state index < -0.39 is 0 Å². The molecule has 0 aromatic heterocycles. The molecule has 0 rings (SSSR count). The first-order chi connectivity index (χ1) is 13.3. The van der Waals surface area contributed by atoms with Crippen LogP contribution in [0.3, 0.4) is 0 Å². The summed E-state index contributed by atoms with van der Waals surface area (Å²) in [5.41, 5.74) is 5.48. The van der Waals surface area contributed by atoms with Crippen LogP contribution in [0.2, 0.25) is 0 Å². The number of hydrogen-bond acceptors (Lipinski definition) is 2. The predicted molar refractivity (Wildman–Crippen MR) is 127 cm³/mol. The van der Waals surface area contributed by atoms with Crippen LogP contribution in [-0.2, 0) is 0 Å². The molecule has 0 bridgehead atoms. The van der Waals surface area contributed by atoms with Crippen LogP contribution in [0.25, 0.3) is 0 Å². The Morgan fingerprint density at radius 1 is 0.444 bits per heavy atom. The normalized spacial score (nSPS) is 10.9. The quantitative estimate of drug-likeness (QED) is 0.216. The van der Waals surface area contributed by atoms with Gasteiger partial charge >= 0.3 is 0 Å². The van der Waals surface area contributed by atoms with E-state index in [-0.39, 0.29) is 0 Å². The van der Waals surface area contributed by atoms with E-state index in [9.17, 15) is 0 Å². The molecule has 0 spiro atoms. The smallest absolute Gasteiger partial charge is 0.00216 e. The van der Waals surface area contributed by atoms with Gasteiger partial charge in [-0.3, -0.25) is 0 Å². The molecule has 0 aromatic rings. The summed E-state index contributed by atoms with van der Waals surface area (Å²) in [6.07, 6.45) is 24.1. The van der Waals surface area contributed by atoms with Crippen molar-refractivity contribution in [1.82, 2.24) is 4.90 Å². The zero-order chi connectivity index (χ0) is 20.4. The van der Waals surface area contributed by atoms with Crippen molar-refractivity contribution in [2.75, 3.05) is 26.2 Å². The number of nitrogens with zero attached hydrogens (tertiary/aromatic N) is 1. The van der Waals surface area contributed by atoms with Gasteiger partial charge in [-0.05, 0) is 39.0 Å². The summed E-state index contributed by atoms with van der Waals surface area (Å²) in [4.78, 5) is 2.43. The summed E-state index contributed by atoms with van der Waals surface area (Å²) in [5.74, 6) is 0. The zero-order valence-electron chi connectivity index (χ0n) is 19.9. The average Bonchev–Trinajstić information content (AvgIpc) is 2.69. The Morgan fingerprint density at radius 3 is 1.00 bits per heavy atom. The highest BCUT2D eigenvalue weighted by atomic mass is 15.1. The number of hydrogen-bond donors (Lipinski definition) is 1. The molecule has 0 saturated heterocycles. The third-order valence-electron chi connectivity index (χ3n) is 5.49. The molecule has 2 heteroatoms. The lowest BCUT2D eigenvalue weighted by Gasteiger charge is -2.15. The van der Waals surface area contributed by atoms with E-state index in [4.69, 9.17) is 5.73 Å². The van der Waals surface area contributed by atoms with Crippen LogP contribution in [0.15, 0.2) is 0 Å². The van der Waals surface area contributed by atoms with E-state index in [1.165, 1.54) is 129 Å². The Balaban J connectivity index is 0. The molecular formula is C25H56N2. The van der Waals surface area contributed by atoms with Gasteiger partial charge < -0.3 is 10.6 Å². The summed E-state index contributed by atoms with van der Waals surface area (Å²) < 4.78 is 0. The first-order valence-electron chi connectivity index (χ1n) is 12.7. The second-order valence-corrected chi connectivity index (χ2v) is 8.12. The second kappa shape index (κ2) is 28.1. The maximum Gasteiger partial charge on any atom is -0.00216 e. The van der Waals surface area contributed by atoms with Crippen molar-refractivity contribution in [1.29, 1.82) is 0 Å². The van der Waals surface area contributed by atoms with Gasteiger partial charge in [0.2, 0.25) is 0 Å². The maximum absolute atomic E-state index is 5.48. The summed E-state index contributed by atoms with van der Waals surface area (Å²) >= 11 is 0. The average molecular weight is 385 g/mol. The zero-order valence-corrected chi connectivity index (χ0v) is 19.9. The highest BCUT2D eigenvalue weighted by Crippen LogP contribution is 2.13. The SMILES string of the molecule is CCCCCCCCCCCCCCCCCCN.CCCN(CC)CC. The van der Waals surface area contributed by atoms with Crippen molar-refractivity contribution >= 4 is 0 Å². The standard InChI is InChI=1S/C18H39N.C7H17N/c1-2-3-4-5-6-7-8-9-10-11-12-13-14-15-16-17-18-19;1-4-7-8(5-2)6-3/h2-19H2,1H3;4-7H2,1-3H3. The largest absolute Gasteiger partial charge is 0.330 e. The number of nitrogens with two attached hydrogens (primary N) is 1. The van der Waals surface area contributed by atoms with E-state index in [0.29, 0.717) is 0 Å². The van der Waals surface area contributed by atoms with Gasteiger partial charge in [-0.15, -0.1) is 0 Å². The molecule has 0 fully saturated rings. The molecule has 27 heavy (non-hydrogen) atoms. The monoisotopic (exact) mass is 384 g/mol. The van der Waals surface area contributed by atoms with Crippen molar-refractivity contribution in [3.63, 3.8) is 0 Å². The fourth-order valence-corrected chi connectivity index (χ4v) is 3.55. The van der Waals surface area contributed by atoms with Gasteiger partial charge in [-0.2, -0.15) is 0 Å². The molecule has 2 N–H and O–H groups in total. The van der Waals surface area contributed by atoms with Gasteiger partial charge in [0, 0.05) is 0 Å². The third-order valence-corrected chi connectivity index (χ3v) is 5.49. The Labute approximate surface area is 174 Å². The van der Waals surface area contributed by atoms with Gasteiger partial charge in [0.15, 0.2) is 0 Å². The van der Waals surface area contributed by atoms with E-state index >= 15 is 0 Å². The fraction of sp³-hybridized carbons (Fsp3) is 1.00. The Hall–Kier alpha value is -0.0800. The number of rotatable bonds is 20. The summed E-state index contributed by atoms with van der Waals surface area (Å²) in [7, 11) is 0. The van der Waals surface area contributed by atoms with Crippen molar-refractivity contribution < 1.29 is 0 Å². The highest BCUT2D eigenvalue weighted by Gasteiger charge is 1.94. The predicted octanol–water partition coefficient (Wildman–Crippen LogP) is 7.94. The van der Waals surface area contributed by atoms with Gasteiger partial charge in [0.05, 0.1) is 0 Å². The molecule has 0 unspecified atom stereocenters. The Kier molecular flexibility index (Phi) is 30.3. The molecule has 2 nitrogen and oxygen atoms in total. The second-order valence-electron chi connectivity index (χ2n) is 8.12. The van der Waals surface area contributed by atoms with E-state index in [1.54, 1.807) is 0 Å². The maximum atomic E-state index is 5.48. The van der Waals surface area contributed by atoms with E-state index in [1.807, 2.05) is 0 Å². The third kappa shape index (κ3) is 28.2. The van der Waals surface area contributed by atoms with Crippen molar-refractivity contribution in [2.45, 2.75) is 137 Å². The van der Waals surface area contributed by atoms with Crippen LogP contribution >= 0.6 is 0 Å². The minimum Gasteiger partial charge on any atom is -0.330 e.